The summed E-state index contributed by atoms with van der Waals surface area (Å²) < 4.78 is 11.8. The summed E-state index contributed by atoms with van der Waals surface area (Å²) in [5.41, 5.74) is 0.657. The summed E-state index contributed by atoms with van der Waals surface area (Å²) >= 11 is 0. The zero-order valence-electron chi connectivity index (χ0n) is 15.9. The number of carbonyl (C=O) groups excluding carboxylic acids is 2. The Bertz CT molecular complexity index is 1050. The second kappa shape index (κ2) is 8.38. The summed E-state index contributed by atoms with van der Waals surface area (Å²) in [6.07, 6.45) is -0.0141. The monoisotopic (exact) mass is 395 g/mol. The van der Waals surface area contributed by atoms with Crippen LogP contribution in [0.4, 0.5) is 11.6 Å². The molecule has 0 radical (unpaired) electrons. The number of fused-ring (bicyclic) bond motifs is 2. The minimum atomic E-state index is -0.787. The van der Waals surface area contributed by atoms with Gasteiger partial charge in [-0.15, -0.1) is 0 Å². The highest BCUT2D eigenvalue weighted by molar-refractivity contribution is 6.01. The molecule has 1 aromatic heterocycles. The zero-order valence-corrected chi connectivity index (χ0v) is 15.9. The van der Waals surface area contributed by atoms with E-state index in [4.69, 9.17) is 9.47 Å². The SMILES string of the molecule is COCCOCc1nc2n(n1)[C@@H](C(=O)Nc1ccc3ccccc3c1)CC(=O)N2. The lowest BCUT2D eigenvalue weighted by atomic mass is 10.1. The molecule has 0 aliphatic carbocycles. The van der Waals surface area contributed by atoms with Crippen molar-refractivity contribution in [3.05, 3.63) is 48.3 Å². The van der Waals surface area contributed by atoms with Crippen LogP contribution < -0.4 is 10.6 Å². The Hall–Kier alpha value is -3.30. The van der Waals surface area contributed by atoms with Crippen LogP contribution in [0.5, 0.6) is 0 Å². The van der Waals surface area contributed by atoms with Crippen molar-refractivity contribution in [3.63, 3.8) is 0 Å². The van der Waals surface area contributed by atoms with Gasteiger partial charge < -0.3 is 14.8 Å². The molecular weight excluding hydrogens is 374 g/mol. The lowest BCUT2D eigenvalue weighted by Crippen LogP contribution is -2.36. The van der Waals surface area contributed by atoms with E-state index >= 15 is 0 Å². The van der Waals surface area contributed by atoms with Crippen molar-refractivity contribution >= 4 is 34.2 Å². The number of benzene rings is 2. The lowest BCUT2D eigenvalue weighted by Gasteiger charge is -2.22. The van der Waals surface area contributed by atoms with Crippen LogP contribution in [0.1, 0.15) is 18.3 Å². The maximum atomic E-state index is 12.9. The minimum absolute atomic E-state index is 0.0141. The Labute approximate surface area is 167 Å². The second-order valence-electron chi connectivity index (χ2n) is 6.66. The van der Waals surface area contributed by atoms with Gasteiger partial charge in [0.2, 0.25) is 17.8 Å². The van der Waals surface area contributed by atoms with Crippen LogP contribution in [0.15, 0.2) is 42.5 Å². The van der Waals surface area contributed by atoms with Gasteiger partial charge in [0.25, 0.3) is 0 Å². The number of nitrogens with zero attached hydrogens (tertiary/aromatic N) is 3. The van der Waals surface area contributed by atoms with Crippen LogP contribution in [0.25, 0.3) is 10.8 Å². The van der Waals surface area contributed by atoms with Gasteiger partial charge in [0.05, 0.1) is 19.6 Å². The summed E-state index contributed by atoms with van der Waals surface area (Å²) in [5.74, 6) is 0.0237. The summed E-state index contributed by atoms with van der Waals surface area (Å²) in [7, 11) is 1.59. The number of amides is 2. The molecule has 3 aromatic rings. The van der Waals surface area contributed by atoms with Crippen molar-refractivity contribution < 1.29 is 19.1 Å². The van der Waals surface area contributed by atoms with Gasteiger partial charge in [0.15, 0.2) is 5.82 Å². The number of aromatic nitrogens is 3. The molecule has 150 valence electrons. The van der Waals surface area contributed by atoms with Gasteiger partial charge in [-0.2, -0.15) is 10.1 Å². The number of anilines is 2. The molecule has 29 heavy (non-hydrogen) atoms. The average Bonchev–Trinajstić information content (AvgIpc) is 3.13. The van der Waals surface area contributed by atoms with Gasteiger partial charge >= 0.3 is 0 Å². The van der Waals surface area contributed by atoms with E-state index in [1.54, 1.807) is 7.11 Å². The van der Waals surface area contributed by atoms with Crippen molar-refractivity contribution in [3.8, 4) is 0 Å². The molecule has 9 nitrogen and oxygen atoms in total. The number of ether oxygens (including phenoxy) is 2. The van der Waals surface area contributed by atoms with Gasteiger partial charge in [-0.05, 0) is 22.9 Å². The standard InChI is InChI=1S/C20H21N5O4/c1-28-8-9-29-12-17-22-20-23-18(26)11-16(25(20)24-17)19(27)21-15-7-6-13-4-2-3-5-14(13)10-15/h2-7,10,16H,8-9,11-12H2,1H3,(H,21,27)(H,22,23,24,26)/t16-/m1/s1. The molecule has 2 heterocycles. The van der Waals surface area contributed by atoms with Crippen LogP contribution in [-0.2, 0) is 25.7 Å². The van der Waals surface area contributed by atoms with Gasteiger partial charge in [-0.1, -0.05) is 30.3 Å². The van der Waals surface area contributed by atoms with Crippen LogP contribution >= 0.6 is 0 Å². The average molecular weight is 395 g/mol. The molecule has 1 aliphatic rings. The van der Waals surface area contributed by atoms with Gasteiger partial charge in [-0.25, -0.2) is 4.68 Å². The fraction of sp³-hybridized carbons (Fsp3) is 0.300. The molecule has 0 spiro atoms. The molecule has 0 fully saturated rings. The smallest absolute Gasteiger partial charge is 0.249 e. The first-order valence-corrected chi connectivity index (χ1v) is 9.25. The van der Waals surface area contributed by atoms with Crippen molar-refractivity contribution in [2.45, 2.75) is 19.1 Å². The molecule has 0 saturated carbocycles. The largest absolute Gasteiger partial charge is 0.382 e. The number of carbonyl (C=O) groups is 2. The highest BCUT2D eigenvalue weighted by atomic mass is 16.5. The Kier molecular flexibility index (Phi) is 5.50. The molecule has 1 aliphatic heterocycles. The number of nitrogens with one attached hydrogen (secondary N) is 2. The van der Waals surface area contributed by atoms with Crippen LogP contribution in [0.3, 0.4) is 0 Å². The third-order valence-corrected chi connectivity index (χ3v) is 4.58. The summed E-state index contributed by atoms with van der Waals surface area (Å²) in [4.78, 5) is 29.2. The zero-order chi connectivity index (χ0) is 20.2. The van der Waals surface area contributed by atoms with E-state index in [1.807, 2.05) is 42.5 Å². The van der Waals surface area contributed by atoms with Crippen LogP contribution in [0.2, 0.25) is 0 Å². The molecule has 0 unspecified atom stereocenters. The van der Waals surface area contributed by atoms with Crippen molar-refractivity contribution in [2.24, 2.45) is 0 Å². The third kappa shape index (κ3) is 4.25. The van der Waals surface area contributed by atoms with E-state index in [1.165, 1.54) is 4.68 Å². The molecule has 2 amide bonds. The third-order valence-electron chi connectivity index (χ3n) is 4.58. The maximum absolute atomic E-state index is 12.9. The van der Waals surface area contributed by atoms with Crippen LogP contribution in [-0.4, -0.2) is 46.9 Å². The van der Waals surface area contributed by atoms with Crippen molar-refractivity contribution in [1.29, 1.82) is 0 Å². The predicted octanol–water partition coefficient (Wildman–Crippen LogP) is 2.12. The number of hydrogen-bond acceptors (Lipinski definition) is 6. The first kappa shape index (κ1) is 19.0. The highest BCUT2D eigenvalue weighted by Crippen LogP contribution is 2.25. The number of methoxy groups -OCH3 is 1. The number of rotatable bonds is 7. The van der Waals surface area contributed by atoms with Crippen molar-refractivity contribution in [2.75, 3.05) is 31.0 Å². The first-order chi connectivity index (χ1) is 14.1. The van der Waals surface area contributed by atoms with Gasteiger partial charge in [0.1, 0.15) is 12.6 Å². The van der Waals surface area contributed by atoms with E-state index in [0.717, 1.165) is 10.8 Å². The Balaban J connectivity index is 1.50. The Morgan fingerprint density at radius 2 is 2.07 bits per heavy atom. The molecule has 0 saturated heterocycles. The topological polar surface area (TPSA) is 107 Å². The minimum Gasteiger partial charge on any atom is -0.382 e. The molecule has 2 N–H and O–H groups in total. The second-order valence-corrected chi connectivity index (χ2v) is 6.66. The molecule has 4 rings (SSSR count). The Morgan fingerprint density at radius 1 is 1.24 bits per heavy atom. The van der Waals surface area contributed by atoms with E-state index in [9.17, 15) is 9.59 Å². The predicted molar refractivity (Wildman–Crippen MR) is 106 cm³/mol. The van der Waals surface area contributed by atoms with Gasteiger partial charge in [-0.3, -0.25) is 14.9 Å². The fourth-order valence-corrected chi connectivity index (χ4v) is 3.17. The van der Waals surface area contributed by atoms with E-state index in [-0.39, 0.29) is 30.8 Å². The summed E-state index contributed by atoms with van der Waals surface area (Å²) in [5, 5.41) is 12.0. The Morgan fingerprint density at radius 3 is 2.90 bits per heavy atom. The number of hydrogen-bond donors (Lipinski definition) is 2. The molecular formula is C20H21N5O4. The fourth-order valence-electron chi connectivity index (χ4n) is 3.17. The van der Waals surface area contributed by atoms with Crippen LogP contribution in [0, 0.1) is 0 Å². The first-order valence-electron chi connectivity index (χ1n) is 9.25. The van der Waals surface area contributed by atoms with E-state index in [0.29, 0.717) is 24.7 Å². The molecule has 1 atom stereocenters. The van der Waals surface area contributed by atoms with Crippen molar-refractivity contribution in [1.82, 2.24) is 14.8 Å². The maximum Gasteiger partial charge on any atom is 0.249 e. The lowest BCUT2D eigenvalue weighted by molar-refractivity contribution is -0.125. The normalized spacial score (nSPS) is 15.8. The quantitative estimate of drug-likeness (QED) is 0.594. The van der Waals surface area contributed by atoms with E-state index in [2.05, 4.69) is 20.7 Å². The molecule has 2 aromatic carbocycles. The summed E-state index contributed by atoms with van der Waals surface area (Å²) in [6, 6.07) is 12.8. The molecule has 0 bridgehead atoms. The highest BCUT2D eigenvalue weighted by Gasteiger charge is 2.33. The van der Waals surface area contributed by atoms with E-state index < -0.39 is 6.04 Å². The van der Waals surface area contributed by atoms with Gasteiger partial charge in [0, 0.05) is 12.8 Å². The summed E-state index contributed by atoms with van der Waals surface area (Å²) in [6.45, 7) is 1.03. The molecule has 9 heteroatoms.